The topological polar surface area (TPSA) is 94.0 Å². The van der Waals surface area contributed by atoms with E-state index in [1.54, 1.807) is 47.4 Å². The average Bonchev–Trinajstić information content (AvgIpc) is 3.36. The smallest absolute Gasteiger partial charge is 0.210 e. The van der Waals surface area contributed by atoms with Crippen molar-refractivity contribution < 1.29 is 8.78 Å². The van der Waals surface area contributed by atoms with Crippen LogP contribution in [0, 0.1) is 11.6 Å². The van der Waals surface area contributed by atoms with E-state index in [1.807, 2.05) is 12.1 Å². The van der Waals surface area contributed by atoms with Gasteiger partial charge in [0, 0.05) is 30.5 Å². The number of nitrogens with two attached hydrogens (primary N) is 1. The summed E-state index contributed by atoms with van der Waals surface area (Å²) in [7, 11) is 0. The molecule has 0 saturated carbocycles. The van der Waals surface area contributed by atoms with E-state index in [2.05, 4.69) is 20.5 Å². The maximum Gasteiger partial charge on any atom is 0.210 e. The molecule has 35 heavy (non-hydrogen) atoms. The molecule has 0 aliphatic rings. The summed E-state index contributed by atoms with van der Waals surface area (Å²) in [6.07, 6.45) is 5.43. The van der Waals surface area contributed by atoms with Crippen LogP contribution in [0.3, 0.4) is 0 Å². The molecule has 1 atom stereocenters. The zero-order chi connectivity index (χ0) is 24.4. The lowest BCUT2D eigenvalue weighted by Gasteiger charge is -2.17. The van der Waals surface area contributed by atoms with Crippen LogP contribution in [-0.2, 0) is 6.42 Å². The number of anilines is 1. The van der Waals surface area contributed by atoms with Crippen LogP contribution >= 0.6 is 11.6 Å². The number of halogens is 3. The van der Waals surface area contributed by atoms with Crippen LogP contribution in [-0.4, -0.2) is 37.2 Å². The Balaban J connectivity index is 1.53. The molecule has 0 unspecified atom stereocenters. The summed E-state index contributed by atoms with van der Waals surface area (Å²) in [5.74, 6) is -0.311. The second-order valence-electron chi connectivity index (χ2n) is 8.02. The molecule has 0 saturated heterocycles. The van der Waals surface area contributed by atoms with Crippen molar-refractivity contribution >= 4 is 23.2 Å². The Morgan fingerprint density at radius 1 is 1.00 bits per heavy atom. The molecule has 0 fully saturated rings. The Labute approximate surface area is 204 Å². The van der Waals surface area contributed by atoms with Gasteiger partial charge < -0.3 is 11.1 Å². The maximum absolute atomic E-state index is 13.9. The van der Waals surface area contributed by atoms with Gasteiger partial charge in [-0.25, -0.2) is 13.8 Å². The van der Waals surface area contributed by atoms with Gasteiger partial charge in [0.25, 0.3) is 0 Å². The highest BCUT2D eigenvalue weighted by Gasteiger charge is 2.20. The Hall–Kier alpha value is -3.95. The normalized spacial score (nSPS) is 12.1. The Morgan fingerprint density at radius 2 is 1.77 bits per heavy atom. The van der Waals surface area contributed by atoms with Gasteiger partial charge >= 0.3 is 0 Å². The molecule has 0 amide bonds. The van der Waals surface area contributed by atoms with Crippen LogP contribution in [0.2, 0.25) is 5.02 Å². The van der Waals surface area contributed by atoms with Crippen LogP contribution < -0.4 is 11.1 Å². The third-order valence-corrected chi connectivity index (χ3v) is 5.84. The van der Waals surface area contributed by atoms with Crippen molar-refractivity contribution in [1.82, 2.24) is 24.6 Å². The van der Waals surface area contributed by atoms with Crippen molar-refractivity contribution in [3.05, 3.63) is 95.5 Å². The molecule has 0 radical (unpaired) electrons. The first-order valence-corrected chi connectivity index (χ1v) is 11.2. The third-order valence-electron chi connectivity index (χ3n) is 5.55. The first-order valence-electron chi connectivity index (χ1n) is 10.8. The van der Waals surface area contributed by atoms with Gasteiger partial charge in [0.15, 0.2) is 5.65 Å². The predicted octanol–water partition coefficient (Wildman–Crippen LogP) is 4.77. The second-order valence-corrected chi connectivity index (χ2v) is 8.43. The van der Waals surface area contributed by atoms with Crippen LogP contribution in [0.15, 0.2) is 73.3 Å². The quantitative estimate of drug-likeness (QED) is 0.341. The van der Waals surface area contributed by atoms with Crippen molar-refractivity contribution in [3.8, 4) is 22.4 Å². The van der Waals surface area contributed by atoms with Crippen molar-refractivity contribution in [1.29, 1.82) is 0 Å². The average molecular weight is 492 g/mol. The molecule has 10 heteroatoms. The standard InChI is InChI=1S/C25H20ClF2N7/c26-20-12-17(3-6-21(20)28)22-23(16-7-9-30-10-8-16)33-25(35-14-32-34-24(22)35)31-13-19(29)11-15-1-4-18(27)5-2-15/h1-10,12,14,19H,11,13,29H2,(H,31,33)/t19-/m0/s1. The molecule has 5 aromatic rings. The van der Waals surface area contributed by atoms with Crippen LogP contribution in [0.25, 0.3) is 28.0 Å². The van der Waals surface area contributed by atoms with Gasteiger partial charge in [-0.05, 0) is 53.9 Å². The summed E-state index contributed by atoms with van der Waals surface area (Å²) in [5.41, 5.74) is 10.5. The molecule has 7 nitrogen and oxygen atoms in total. The van der Waals surface area contributed by atoms with E-state index in [0.717, 1.165) is 11.1 Å². The predicted molar refractivity (Wildman–Crippen MR) is 131 cm³/mol. The first kappa shape index (κ1) is 22.8. The molecule has 0 aliphatic heterocycles. The number of rotatable bonds is 7. The van der Waals surface area contributed by atoms with E-state index in [4.69, 9.17) is 22.3 Å². The molecular weight excluding hydrogens is 472 g/mol. The lowest BCUT2D eigenvalue weighted by molar-refractivity contribution is 0.625. The summed E-state index contributed by atoms with van der Waals surface area (Å²) in [6.45, 7) is 0.398. The Bertz CT molecular complexity index is 1470. The summed E-state index contributed by atoms with van der Waals surface area (Å²) in [6, 6.07) is 14.1. The van der Waals surface area contributed by atoms with Crippen LogP contribution in [0.1, 0.15) is 5.56 Å². The summed E-state index contributed by atoms with van der Waals surface area (Å²) < 4.78 is 28.8. The van der Waals surface area contributed by atoms with Gasteiger partial charge in [-0.1, -0.05) is 29.8 Å². The van der Waals surface area contributed by atoms with E-state index >= 15 is 0 Å². The van der Waals surface area contributed by atoms with Crippen molar-refractivity contribution in [2.75, 3.05) is 11.9 Å². The third kappa shape index (κ3) is 4.82. The molecule has 5 rings (SSSR count). The largest absolute Gasteiger partial charge is 0.354 e. The number of aromatic nitrogens is 5. The van der Waals surface area contributed by atoms with Gasteiger partial charge in [-0.15, -0.1) is 10.2 Å². The molecular formula is C25H20ClF2N7. The van der Waals surface area contributed by atoms with Gasteiger partial charge in [0.05, 0.1) is 16.3 Å². The van der Waals surface area contributed by atoms with Gasteiger partial charge in [0.1, 0.15) is 18.0 Å². The minimum Gasteiger partial charge on any atom is -0.354 e. The van der Waals surface area contributed by atoms with E-state index in [9.17, 15) is 8.78 Å². The Kier molecular flexibility index (Phi) is 6.35. The number of nitrogens with one attached hydrogen (secondary N) is 1. The zero-order valence-corrected chi connectivity index (χ0v) is 19.1. The number of fused-ring (bicyclic) bond motifs is 1. The molecule has 3 N–H and O–H groups in total. The number of hydrogen-bond donors (Lipinski definition) is 2. The van der Waals surface area contributed by atoms with E-state index in [-0.39, 0.29) is 16.9 Å². The molecule has 0 bridgehead atoms. The summed E-state index contributed by atoms with van der Waals surface area (Å²) >= 11 is 6.08. The summed E-state index contributed by atoms with van der Waals surface area (Å²) in [5, 5.41) is 11.7. The number of nitrogens with zero attached hydrogens (tertiary/aromatic N) is 5. The number of pyridine rings is 1. The molecule has 3 heterocycles. The molecule has 0 spiro atoms. The number of benzene rings is 2. The SMILES string of the molecule is N[C@H](CNc1nc(-c2ccncc2)c(-c2ccc(F)c(Cl)c2)c2nncn12)Cc1ccc(F)cc1. The van der Waals surface area contributed by atoms with Crippen LogP contribution in [0.5, 0.6) is 0 Å². The zero-order valence-electron chi connectivity index (χ0n) is 18.4. The van der Waals surface area contributed by atoms with Crippen molar-refractivity contribution in [3.63, 3.8) is 0 Å². The number of hydrogen-bond acceptors (Lipinski definition) is 6. The van der Waals surface area contributed by atoms with E-state index in [0.29, 0.717) is 41.4 Å². The monoisotopic (exact) mass is 491 g/mol. The van der Waals surface area contributed by atoms with Crippen molar-refractivity contribution in [2.45, 2.75) is 12.5 Å². The molecule has 2 aromatic carbocycles. The molecule has 3 aromatic heterocycles. The minimum atomic E-state index is -0.514. The Morgan fingerprint density at radius 3 is 2.51 bits per heavy atom. The van der Waals surface area contributed by atoms with Gasteiger partial charge in [-0.3, -0.25) is 9.38 Å². The van der Waals surface area contributed by atoms with E-state index in [1.165, 1.54) is 18.2 Å². The van der Waals surface area contributed by atoms with Gasteiger partial charge in [0.2, 0.25) is 5.95 Å². The lowest BCUT2D eigenvalue weighted by atomic mass is 10.0. The highest BCUT2D eigenvalue weighted by atomic mass is 35.5. The minimum absolute atomic E-state index is 0.00480. The second kappa shape index (κ2) is 9.73. The van der Waals surface area contributed by atoms with Crippen molar-refractivity contribution in [2.24, 2.45) is 5.73 Å². The molecule has 176 valence electrons. The maximum atomic E-state index is 13.9. The lowest BCUT2D eigenvalue weighted by Crippen LogP contribution is -2.32. The highest BCUT2D eigenvalue weighted by Crippen LogP contribution is 2.36. The highest BCUT2D eigenvalue weighted by molar-refractivity contribution is 6.31. The van der Waals surface area contributed by atoms with Gasteiger partial charge in [-0.2, -0.15) is 0 Å². The summed E-state index contributed by atoms with van der Waals surface area (Å²) in [4.78, 5) is 8.96. The van der Waals surface area contributed by atoms with Crippen LogP contribution in [0.4, 0.5) is 14.7 Å². The first-order chi connectivity index (χ1) is 17.0. The van der Waals surface area contributed by atoms with E-state index < -0.39 is 5.82 Å². The fraction of sp³-hybridized carbons (Fsp3) is 0.120. The molecule has 0 aliphatic carbocycles. The fourth-order valence-electron chi connectivity index (χ4n) is 3.86. The fourth-order valence-corrected chi connectivity index (χ4v) is 4.04.